The van der Waals surface area contributed by atoms with Crippen LogP contribution in [0.4, 0.5) is 5.69 Å². The largest absolute Gasteiger partial charge is 0.353 e. The van der Waals surface area contributed by atoms with E-state index in [9.17, 15) is 9.59 Å². The molecule has 0 spiro atoms. The zero-order valence-corrected chi connectivity index (χ0v) is 11.1. The van der Waals surface area contributed by atoms with Crippen molar-refractivity contribution in [1.29, 1.82) is 0 Å². The molecule has 4 heteroatoms. The van der Waals surface area contributed by atoms with Crippen molar-refractivity contribution >= 4 is 17.5 Å². The van der Waals surface area contributed by atoms with Gasteiger partial charge >= 0.3 is 0 Å². The van der Waals surface area contributed by atoms with Gasteiger partial charge in [0.1, 0.15) is 6.42 Å². The number of aryl methyl sites for hydroxylation is 1. The first kappa shape index (κ1) is 14.2. The van der Waals surface area contributed by atoms with Gasteiger partial charge in [-0.1, -0.05) is 19.1 Å². The van der Waals surface area contributed by atoms with Gasteiger partial charge in [0, 0.05) is 11.7 Å². The number of nitrogens with one attached hydrogen (secondary N) is 2. The van der Waals surface area contributed by atoms with E-state index >= 15 is 0 Å². The Labute approximate surface area is 108 Å². The summed E-state index contributed by atoms with van der Waals surface area (Å²) >= 11 is 0. The Morgan fingerprint density at radius 3 is 2.61 bits per heavy atom. The van der Waals surface area contributed by atoms with Crippen LogP contribution in [0.2, 0.25) is 0 Å². The van der Waals surface area contributed by atoms with Crippen LogP contribution in [-0.4, -0.2) is 17.9 Å². The summed E-state index contributed by atoms with van der Waals surface area (Å²) in [6, 6.07) is 7.58. The zero-order chi connectivity index (χ0) is 13.5. The van der Waals surface area contributed by atoms with Gasteiger partial charge in [-0.05, 0) is 38.0 Å². The standard InChI is InChI=1S/C14H20N2O2/c1-4-11(3)15-13(17)9-14(18)16-12-7-5-6-10(2)8-12/h5-8,11H,4,9H2,1-3H3,(H,15,17)(H,16,18). The third-order valence-corrected chi connectivity index (χ3v) is 2.64. The van der Waals surface area contributed by atoms with E-state index < -0.39 is 0 Å². The fourth-order valence-electron chi connectivity index (χ4n) is 1.50. The molecule has 98 valence electrons. The second kappa shape index (κ2) is 6.79. The van der Waals surface area contributed by atoms with Crippen LogP contribution in [0, 0.1) is 6.92 Å². The first-order valence-electron chi connectivity index (χ1n) is 6.17. The Morgan fingerprint density at radius 1 is 1.28 bits per heavy atom. The number of hydrogen-bond donors (Lipinski definition) is 2. The van der Waals surface area contributed by atoms with Gasteiger partial charge in [-0.25, -0.2) is 0 Å². The minimum Gasteiger partial charge on any atom is -0.353 e. The van der Waals surface area contributed by atoms with Crippen molar-refractivity contribution in [3.63, 3.8) is 0 Å². The van der Waals surface area contributed by atoms with Crippen LogP contribution in [0.15, 0.2) is 24.3 Å². The zero-order valence-electron chi connectivity index (χ0n) is 11.1. The maximum Gasteiger partial charge on any atom is 0.233 e. The molecule has 0 bridgehead atoms. The van der Waals surface area contributed by atoms with Crippen LogP contribution in [0.1, 0.15) is 32.3 Å². The molecule has 2 amide bonds. The van der Waals surface area contributed by atoms with Crippen molar-refractivity contribution < 1.29 is 9.59 Å². The van der Waals surface area contributed by atoms with E-state index in [0.29, 0.717) is 0 Å². The maximum absolute atomic E-state index is 11.6. The predicted molar refractivity (Wildman–Crippen MR) is 72.3 cm³/mol. The molecule has 1 aromatic rings. The molecular formula is C14H20N2O2. The molecule has 0 saturated heterocycles. The maximum atomic E-state index is 11.6. The van der Waals surface area contributed by atoms with E-state index in [4.69, 9.17) is 0 Å². The van der Waals surface area contributed by atoms with Gasteiger partial charge in [-0.15, -0.1) is 0 Å². The molecule has 0 saturated carbocycles. The molecule has 18 heavy (non-hydrogen) atoms. The molecule has 0 aliphatic heterocycles. The summed E-state index contributed by atoms with van der Waals surface area (Å²) in [5.74, 6) is -0.532. The highest BCUT2D eigenvalue weighted by Crippen LogP contribution is 2.09. The van der Waals surface area contributed by atoms with Crippen molar-refractivity contribution in [1.82, 2.24) is 5.32 Å². The third kappa shape index (κ3) is 4.99. The highest BCUT2D eigenvalue weighted by Gasteiger charge is 2.11. The van der Waals surface area contributed by atoms with E-state index in [0.717, 1.165) is 17.7 Å². The Balaban J connectivity index is 2.44. The van der Waals surface area contributed by atoms with Crippen LogP contribution in [0.25, 0.3) is 0 Å². The van der Waals surface area contributed by atoms with Gasteiger partial charge in [0.25, 0.3) is 0 Å². The molecule has 0 aliphatic carbocycles. The van der Waals surface area contributed by atoms with Gasteiger partial charge in [0.15, 0.2) is 0 Å². The van der Waals surface area contributed by atoms with Gasteiger partial charge in [0.05, 0.1) is 0 Å². The molecule has 1 atom stereocenters. The lowest BCUT2D eigenvalue weighted by atomic mass is 10.2. The first-order chi connectivity index (χ1) is 8.51. The van der Waals surface area contributed by atoms with Crippen LogP contribution >= 0.6 is 0 Å². The van der Waals surface area contributed by atoms with Crippen LogP contribution in [-0.2, 0) is 9.59 Å². The van der Waals surface area contributed by atoms with E-state index in [1.807, 2.05) is 39.0 Å². The molecule has 1 aromatic carbocycles. The predicted octanol–water partition coefficient (Wildman–Crippen LogP) is 2.24. The molecule has 4 nitrogen and oxygen atoms in total. The van der Waals surface area contributed by atoms with Crippen molar-refractivity contribution in [2.24, 2.45) is 0 Å². The van der Waals surface area contributed by atoms with E-state index in [-0.39, 0.29) is 24.3 Å². The Kier molecular flexibility index (Phi) is 5.36. The molecule has 0 aromatic heterocycles. The average Bonchev–Trinajstić information content (AvgIpc) is 2.28. The quantitative estimate of drug-likeness (QED) is 0.785. The summed E-state index contributed by atoms with van der Waals surface area (Å²) in [7, 11) is 0. The number of anilines is 1. The van der Waals surface area contributed by atoms with Crippen molar-refractivity contribution in [3.8, 4) is 0 Å². The molecule has 2 N–H and O–H groups in total. The highest BCUT2D eigenvalue weighted by atomic mass is 16.2. The lowest BCUT2D eigenvalue weighted by Gasteiger charge is -2.11. The number of rotatable bonds is 5. The van der Waals surface area contributed by atoms with Crippen molar-refractivity contribution in [2.75, 3.05) is 5.32 Å². The molecule has 0 aliphatic rings. The van der Waals surface area contributed by atoms with Gasteiger partial charge in [0.2, 0.25) is 11.8 Å². The smallest absolute Gasteiger partial charge is 0.233 e. The first-order valence-corrected chi connectivity index (χ1v) is 6.17. The lowest BCUT2D eigenvalue weighted by molar-refractivity contribution is -0.127. The highest BCUT2D eigenvalue weighted by molar-refractivity contribution is 6.03. The fourth-order valence-corrected chi connectivity index (χ4v) is 1.50. The summed E-state index contributed by atoms with van der Waals surface area (Å²) < 4.78 is 0. The third-order valence-electron chi connectivity index (χ3n) is 2.64. The molecule has 1 rings (SSSR count). The SMILES string of the molecule is CCC(C)NC(=O)CC(=O)Nc1cccc(C)c1. The number of carbonyl (C=O) groups is 2. The summed E-state index contributed by atoms with van der Waals surface area (Å²) in [4.78, 5) is 23.1. The Bertz CT molecular complexity index is 430. The van der Waals surface area contributed by atoms with E-state index in [1.165, 1.54) is 0 Å². The van der Waals surface area contributed by atoms with Gasteiger partial charge < -0.3 is 10.6 Å². The number of amides is 2. The Morgan fingerprint density at radius 2 is 2.00 bits per heavy atom. The minimum absolute atomic E-state index is 0.101. The van der Waals surface area contributed by atoms with Crippen LogP contribution < -0.4 is 10.6 Å². The monoisotopic (exact) mass is 248 g/mol. The normalized spacial score (nSPS) is 11.7. The topological polar surface area (TPSA) is 58.2 Å². The van der Waals surface area contributed by atoms with E-state index in [1.54, 1.807) is 6.07 Å². The molecule has 0 heterocycles. The summed E-state index contributed by atoms with van der Waals surface area (Å²) in [6.07, 6.45) is 0.712. The van der Waals surface area contributed by atoms with Crippen LogP contribution in [0.5, 0.6) is 0 Å². The summed E-state index contributed by atoms with van der Waals surface area (Å²) in [5, 5.41) is 5.46. The average molecular weight is 248 g/mol. The molecule has 0 radical (unpaired) electrons. The molecule has 0 fully saturated rings. The Hall–Kier alpha value is -1.84. The second-order valence-corrected chi connectivity index (χ2v) is 4.47. The van der Waals surface area contributed by atoms with Gasteiger partial charge in [-0.2, -0.15) is 0 Å². The number of benzene rings is 1. The van der Waals surface area contributed by atoms with E-state index in [2.05, 4.69) is 10.6 Å². The minimum atomic E-state index is -0.290. The number of carbonyl (C=O) groups excluding carboxylic acids is 2. The van der Waals surface area contributed by atoms with Crippen molar-refractivity contribution in [2.45, 2.75) is 39.7 Å². The molecular weight excluding hydrogens is 228 g/mol. The summed E-state index contributed by atoms with van der Waals surface area (Å²) in [6.45, 7) is 5.85. The van der Waals surface area contributed by atoms with Crippen molar-refractivity contribution in [3.05, 3.63) is 29.8 Å². The molecule has 1 unspecified atom stereocenters. The second-order valence-electron chi connectivity index (χ2n) is 4.47. The number of hydrogen-bond acceptors (Lipinski definition) is 2. The summed E-state index contributed by atoms with van der Waals surface area (Å²) in [5.41, 5.74) is 1.79. The fraction of sp³-hybridized carbons (Fsp3) is 0.429. The van der Waals surface area contributed by atoms with Gasteiger partial charge in [-0.3, -0.25) is 9.59 Å². The lowest BCUT2D eigenvalue weighted by Crippen LogP contribution is -2.34. The van der Waals surface area contributed by atoms with Crippen LogP contribution in [0.3, 0.4) is 0 Å².